The van der Waals surface area contributed by atoms with Gasteiger partial charge in [-0.25, -0.2) is 0 Å². The van der Waals surface area contributed by atoms with Crippen molar-refractivity contribution in [3.05, 3.63) is 29.3 Å². The number of hydrogen-bond donors (Lipinski definition) is 0. The Balaban J connectivity index is 3.22. The lowest BCUT2D eigenvalue weighted by Gasteiger charge is -2.37. The highest BCUT2D eigenvalue weighted by Gasteiger charge is 2.39. The molecule has 21 heavy (non-hydrogen) atoms. The highest BCUT2D eigenvalue weighted by atomic mass is 28.4. The normalized spacial score (nSPS) is 12.6. The van der Waals surface area contributed by atoms with Crippen LogP contribution in [0.25, 0.3) is 0 Å². The van der Waals surface area contributed by atoms with E-state index >= 15 is 0 Å². The van der Waals surface area contributed by atoms with Gasteiger partial charge in [-0.15, -0.1) is 0 Å². The molecule has 0 aromatic heterocycles. The van der Waals surface area contributed by atoms with Crippen LogP contribution in [0.2, 0.25) is 18.1 Å². The van der Waals surface area contributed by atoms with Gasteiger partial charge in [0.2, 0.25) is 8.32 Å². The molecule has 0 bridgehead atoms. The average molecular weight is 307 g/mol. The molecule has 0 radical (unpaired) electrons. The number of hydrogen-bond acceptors (Lipinski definition) is 2. The highest BCUT2D eigenvalue weighted by Crippen LogP contribution is 2.39. The van der Waals surface area contributed by atoms with E-state index in [1.165, 1.54) is 5.56 Å². The molecule has 0 aliphatic carbocycles. The maximum atomic E-state index is 10.9. The average Bonchev–Trinajstić information content (AvgIpc) is 2.31. The summed E-state index contributed by atoms with van der Waals surface area (Å²) < 4.78 is 6.51. The largest absolute Gasteiger partial charge is 0.543 e. The first-order valence-corrected chi connectivity index (χ1v) is 10.7. The Hall–Kier alpha value is -1.09. The van der Waals surface area contributed by atoms with Crippen LogP contribution < -0.4 is 4.43 Å². The molecule has 0 unspecified atom stereocenters. The van der Waals surface area contributed by atoms with Gasteiger partial charge in [0.15, 0.2) is 0 Å². The minimum Gasteiger partial charge on any atom is -0.543 e. The molecule has 1 rings (SSSR count). The summed E-state index contributed by atoms with van der Waals surface area (Å²) in [6.07, 6.45) is 2.40. The third-order valence-electron chi connectivity index (χ3n) is 4.32. The first kappa shape index (κ1) is 18.0. The molecule has 0 atom stereocenters. The Bertz CT molecular complexity index is 484. The second-order valence-electron chi connectivity index (χ2n) is 7.72. The monoisotopic (exact) mass is 306 g/mol. The maximum absolute atomic E-state index is 10.9. The van der Waals surface area contributed by atoms with E-state index in [2.05, 4.69) is 53.8 Å². The Morgan fingerprint density at radius 1 is 1.24 bits per heavy atom. The van der Waals surface area contributed by atoms with Gasteiger partial charge in [-0.05, 0) is 47.7 Å². The Morgan fingerprint density at radius 3 is 2.33 bits per heavy atom. The van der Waals surface area contributed by atoms with E-state index in [-0.39, 0.29) is 5.04 Å². The van der Waals surface area contributed by atoms with E-state index in [1.807, 2.05) is 12.1 Å². The predicted octanol–water partition coefficient (Wildman–Crippen LogP) is 5.01. The van der Waals surface area contributed by atoms with Gasteiger partial charge in [-0.1, -0.05) is 46.8 Å². The SMILES string of the molecule is CC(C)Cc1c(CC=O)cccc1O[Si](C)(C)C(C)(C)C. The molecule has 0 aliphatic heterocycles. The molecular weight excluding hydrogens is 276 g/mol. The second kappa shape index (κ2) is 6.78. The van der Waals surface area contributed by atoms with Gasteiger partial charge >= 0.3 is 0 Å². The van der Waals surface area contributed by atoms with Crippen molar-refractivity contribution in [2.45, 2.75) is 65.6 Å². The number of rotatable bonds is 6. The van der Waals surface area contributed by atoms with Crippen LogP contribution in [0, 0.1) is 5.92 Å². The lowest BCUT2D eigenvalue weighted by molar-refractivity contribution is -0.107. The van der Waals surface area contributed by atoms with Crippen LogP contribution in [-0.4, -0.2) is 14.6 Å². The third kappa shape index (κ3) is 4.70. The van der Waals surface area contributed by atoms with E-state index in [4.69, 9.17) is 4.43 Å². The lowest BCUT2D eigenvalue weighted by Crippen LogP contribution is -2.44. The summed E-state index contributed by atoms with van der Waals surface area (Å²) in [5.74, 6) is 1.52. The Labute approximate surface area is 131 Å². The smallest absolute Gasteiger partial charge is 0.250 e. The van der Waals surface area contributed by atoms with Crippen molar-refractivity contribution in [3.63, 3.8) is 0 Å². The van der Waals surface area contributed by atoms with Crippen molar-refractivity contribution in [3.8, 4) is 5.75 Å². The van der Waals surface area contributed by atoms with Crippen molar-refractivity contribution >= 4 is 14.6 Å². The summed E-state index contributed by atoms with van der Waals surface area (Å²) in [6, 6.07) is 6.11. The number of aldehydes is 1. The first-order chi connectivity index (χ1) is 9.58. The number of benzene rings is 1. The van der Waals surface area contributed by atoms with Crippen LogP contribution in [0.3, 0.4) is 0 Å². The summed E-state index contributed by atoms with van der Waals surface area (Å²) in [7, 11) is -1.86. The van der Waals surface area contributed by atoms with Gasteiger partial charge < -0.3 is 9.22 Å². The van der Waals surface area contributed by atoms with Crippen molar-refractivity contribution < 1.29 is 9.22 Å². The topological polar surface area (TPSA) is 26.3 Å². The van der Waals surface area contributed by atoms with Crippen molar-refractivity contribution in [1.82, 2.24) is 0 Å². The quantitative estimate of drug-likeness (QED) is 0.545. The minimum atomic E-state index is -1.86. The van der Waals surface area contributed by atoms with Crippen LogP contribution >= 0.6 is 0 Å². The van der Waals surface area contributed by atoms with Crippen molar-refractivity contribution in [2.24, 2.45) is 5.92 Å². The third-order valence-corrected chi connectivity index (χ3v) is 8.66. The molecular formula is C18H30O2Si. The Morgan fingerprint density at radius 2 is 1.86 bits per heavy atom. The first-order valence-electron chi connectivity index (χ1n) is 7.82. The number of carbonyl (C=O) groups excluding carboxylic acids is 1. The molecule has 0 N–H and O–H groups in total. The van der Waals surface area contributed by atoms with E-state index in [0.29, 0.717) is 12.3 Å². The van der Waals surface area contributed by atoms with Crippen molar-refractivity contribution in [1.29, 1.82) is 0 Å². The van der Waals surface area contributed by atoms with Crippen LogP contribution in [0.1, 0.15) is 45.7 Å². The second-order valence-corrected chi connectivity index (χ2v) is 12.4. The van der Waals surface area contributed by atoms with Gasteiger partial charge in [-0.3, -0.25) is 0 Å². The van der Waals surface area contributed by atoms with E-state index < -0.39 is 8.32 Å². The minimum absolute atomic E-state index is 0.169. The molecule has 0 fully saturated rings. The van der Waals surface area contributed by atoms with Gasteiger partial charge in [0, 0.05) is 6.42 Å². The zero-order chi connectivity index (χ0) is 16.3. The molecule has 0 heterocycles. The van der Waals surface area contributed by atoms with Gasteiger partial charge in [0.25, 0.3) is 0 Å². The summed E-state index contributed by atoms with van der Waals surface area (Å²) in [5, 5.41) is 0.169. The van der Waals surface area contributed by atoms with Gasteiger partial charge in [0.05, 0.1) is 0 Å². The molecule has 118 valence electrons. The summed E-state index contributed by atoms with van der Waals surface area (Å²) in [5.41, 5.74) is 2.32. The predicted molar refractivity (Wildman–Crippen MR) is 92.6 cm³/mol. The van der Waals surface area contributed by atoms with E-state index in [1.54, 1.807) is 0 Å². The molecule has 0 saturated carbocycles. The molecule has 0 amide bonds. The van der Waals surface area contributed by atoms with Crippen LogP contribution in [0.4, 0.5) is 0 Å². The Kier molecular flexibility index (Phi) is 5.80. The lowest BCUT2D eigenvalue weighted by atomic mass is 9.96. The summed E-state index contributed by atoms with van der Waals surface area (Å²) in [6.45, 7) is 15.7. The fourth-order valence-electron chi connectivity index (χ4n) is 2.06. The molecule has 1 aromatic carbocycles. The summed E-state index contributed by atoms with van der Waals surface area (Å²) >= 11 is 0. The summed E-state index contributed by atoms with van der Waals surface area (Å²) in [4.78, 5) is 10.9. The maximum Gasteiger partial charge on any atom is 0.250 e. The molecule has 2 nitrogen and oxygen atoms in total. The van der Waals surface area contributed by atoms with Crippen LogP contribution in [0.15, 0.2) is 18.2 Å². The molecule has 3 heteroatoms. The van der Waals surface area contributed by atoms with Gasteiger partial charge in [-0.2, -0.15) is 0 Å². The molecule has 1 aromatic rings. The molecule has 0 spiro atoms. The van der Waals surface area contributed by atoms with E-state index in [0.717, 1.165) is 24.0 Å². The van der Waals surface area contributed by atoms with E-state index in [9.17, 15) is 4.79 Å². The van der Waals surface area contributed by atoms with Crippen molar-refractivity contribution in [2.75, 3.05) is 0 Å². The number of carbonyl (C=O) groups is 1. The fourth-order valence-corrected chi connectivity index (χ4v) is 3.10. The standard InChI is InChI=1S/C18H30O2Si/c1-14(2)13-16-15(11-12-19)9-8-10-17(16)20-21(6,7)18(3,4)5/h8-10,12,14H,11,13H2,1-7H3. The molecule has 0 aliphatic rings. The highest BCUT2D eigenvalue weighted by molar-refractivity contribution is 6.74. The molecule has 0 saturated heterocycles. The van der Waals surface area contributed by atoms with Crippen LogP contribution in [0.5, 0.6) is 5.75 Å². The fraction of sp³-hybridized carbons (Fsp3) is 0.611. The van der Waals surface area contributed by atoms with Crippen LogP contribution in [-0.2, 0) is 17.6 Å². The zero-order valence-corrected chi connectivity index (χ0v) is 15.6. The van der Waals surface area contributed by atoms with Gasteiger partial charge in [0.1, 0.15) is 12.0 Å². The zero-order valence-electron chi connectivity index (χ0n) is 14.6.